The van der Waals surface area contributed by atoms with Crippen molar-refractivity contribution in [3.63, 3.8) is 0 Å². The quantitative estimate of drug-likeness (QED) is 0.620. The number of ketones is 2. The maximum absolute atomic E-state index is 12.5. The summed E-state index contributed by atoms with van der Waals surface area (Å²) in [5.74, 6) is -1.37. The van der Waals surface area contributed by atoms with Gasteiger partial charge in [0.2, 0.25) is 0 Å². The Bertz CT molecular complexity index is 939. The number of aromatic carboxylic acids is 1. The zero-order chi connectivity index (χ0) is 18.1. The van der Waals surface area contributed by atoms with Gasteiger partial charge >= 0.3 is 0 Å². The van der Waals surface area contributed by atoms with Gasteiger partial charge in [0.1, 0.15) is 0 Å². The molecule has 1 aliphatic rings. The van der Waals surface area contributed by atoms with E-state index in [1.165, 1.54) is 38.5 Å². The summed E-state index contributed by atoms with van der Waals surface area (Å²) in [6.45, 7) is 0. The van der Waals surface area contributed by atoms with Gasteiger partial charge in [0.15, 0.2) is 23.1 Å². The Morgan fingerprint density at radius 3 is 2.24 bits per heavy atom. The van der Waals surface area contributed by atoms with Gasteiger partial charge in [-0.1, -0.05) is 12.1 Å². The highest BCUT2D eigenvalue weighted by Gasteiger charge is 2.33. The second-order valence-corrected chi connectivity index (χ2v) is 5.38. The summed E-state index contributed by atoms with van der Waals surface area (Å²) in [7, 11) is 2.99. The van der Waals surface area contributed by atoms with Crippen LogP contribution in [0.25, 0.3) is 6.08 Å². The van der Waals surface area contributed by atoms with Crippen LogP contribution in [-0.4, -0.2) is 31.8 Å². The molecular formula is C19H13O6-. The van der Waals surface area contributed by atoms with Gasteiger partial charge in [-0.2, -0.15) is 0 Å². The molecule has 0 radical (unpaired) electrons. The first-order chi connectivity index (χ1) is 12.0. The maximum atomic E-state index is 12.5. The number of hydrogen-bond acceptors (Lipinski definition) is 6. The van der Waals surface area contributed by atoms with Crippen LogP contribution in [0.5, 0.6) is 11.5 Å². The standard InChI is InChI=1S/C19H14O6/c1-24-15-6-3-10(8-16(15)25-2)7-14-17(20)12-5-4-11(19(22)23)9-13(12)18(14)21/h3-9H,1-2H3,(H,22,23)/p-1/b14-7+. The van der Waals surface area contributed by atoms with E-state index in [9.17, 15) is 19.5 Å². The number of carbonyl (C=O) groups excluding carboxylic acids is 3. The smallest absolute Gasteiger partial charge is 0.197 e. The fourth-order valence-electron chi connectivity index (χ4n) is 2.69. The minimum atomic E-state index is -1.40. The van der Waals surface area contributed by atoms with Gasteiger partial charge in [-0.15, -0.1) is 0 Å². The van der Waals surface area contributed by atoms with Crippen molar-refractivity contribution in [2.75, 3.05) is 14.2 Å². The molecule has 0 unspecified atom stereocenters. The first kappa shape index (κ1) is 16.4. The van der Waals surface area contributed by atoms with Crippen molar-refractivity contribution >= 4 is 23.6 Å². The zero-order valence-corrected chi connectivity index (χ0v) is 13.5. The van der Waals surface area contributed by atoms with Crippen molar-refractivity contribution in [3.05, 3.63) is 64.2 Å². The van der Waals surface area contributed by atoms with Crippen LogP contribution in [0.2, 0.25) is 0 Å². The molecule has 0 spiro atoms. The lowest BCUT2D eigenvalue weighted by molar-refractivity contribution is -0.255. The van der Waals surface area contributed by atoms with E-state index in [0.717, 1.165) is 0 Å². The number of hydrogen-bond donors (Lipinski definition) is 0. The number of carbonyl (C=O) groups is 3. The molecule has 0 amide bonds. The van der Waals surface area contributed by atoms with E-state index in [1.54, 1.807) is 18.2 Å². The molecular weight excluding hydrogens is 324 g/mol. The van der Waals surface area contributed by atoms with Gasteiger partial charge in [-0.05, 0) is 41.5 Å². The van der Waals surface area contributed by atoms with Crippen LogP contribution in [-0.2, 0) is 0 Å². The molecule has 0 bridgehead atoms. The molecule has 0 saturated carbocycles. The van der Waals surface area contributed by atoms with E-state index in [-0.39, 0.29) is 22.3 Å². The van der Waals surface area contributed by atoms with Crippen LogP contribution in [0.4, 0.5) is 0 Å². The largest absolute Gasteiger partial charge is 0.545 e. The molecule has 0 saturated heterocycles. The summed E-state index contributed by atoms with van der Waals surface area (Å²) in [6, 6.07) is 8.73. The van der Waals surface area contributed by atoms with Gasteiger partial charge in [-0.25, -0.2) is 0 Å². The molecule has 3 rings (SSSR count). The Morgan fingerprint density at radius 1 is 0.920 bits per heavy atom. The molecule has 0 heterocycles. The number of Topliss-reactive ketones (excluding diaryl/α,β-unsaturated/α-hetero) is 2. The van der Waals surface area contributed by atoms with Crippen LogP contribution < -0.4 is 14.6 Å². The number of allylic oxidation sites excluding steroid dienone is 1. The molecule has 6 heteroatoms. The molecule has 126 valence electrons. The number of benzene rings is 2. The number of ether oxygens (including phenoxy) is 2. The molecule has 2 aromatic carbocycles. The summed E-state index contributed by atoms with van der Waals surface area (Å²) >= 11 is 0. The van der Waals surface area contributed by atoms with E-state index < -0.39 is 17.5 Å². The minimum absolute atomic E-state index is 0.0299. The van der Waals surface area contributed by atoms with Crippen LogP contribution in [0.15, 0.2) is 42.0 Å². The van der Waals surface area contributed by atoms with Crippen LogP contribution in [0.1, 0.15) is 36.6 Å². The SMILES string of the molecule is COc1ccc(/C=C2\C(=O)c3ccc(C(=O)[O-])cc3C2=O)cc1OC. The minimum Gasteiger partial charge on any atom is -0.545 e. The van der Waals surface area contributed by atoms with Crippen molar-refractivity contribution in [3.8, 4) is 11.5 Å². The number of rotatable bonds is 4. The van der Waals surface area contributed by atoms with Gasteiger partial charge in [-0.3, -0.25) is 9.59 Å². The monoisotopic (exact) mass is 337 g/mol. The number of fused-ring (bicyclic) bond motifs is 1. The lowest BCUT2D eigenvalue weighted by Crippen LogP contribution is -2.22. The molecule has 25 heavy (non-hydrogen) atoms. The van der Waals surface area contributed by atoms with Crippen molar-refractivity contribution in [2.24, 2.45) is 0 Å². The predicted molar refractivity (Wildman–Crippen MR) is 87.0 cm³/mol. The molecule has 6 nitrogen and oxygen atoms in total. The number of methoxy groups -OCH3 is 2. The molecule has 2 aromatic rings. The molecule has 0 aromatic heterocycles. The average molecular weight is 337 g/mol. The highest BCUT2D eigenvalue weighted by atomic mass is 16.5. The summed E-state index contributed by atoms with van der Waals surface area (Å²) in [5.41, 5.74) is 0.660. The van der Waals surface area contributed by atoms with Gasteiger partial charge in [0.05, 0.1) is 25.8 Å². The van der Waals surface area contributed by atoms with Crippen molar-refractivity contribution in [2.45, 2.75) is 0 Å². The van der Waals surface area contributed by atoms with Gasteiger partial charge in [0, 0.05) is 11.1 Å². The lowest BCUT2D eigenvalue weighted by Gasteiger charge is -2.07. The lowest BCUT2D eigenvalue weighted by atomic mass is 10.1. The first-order valence-corrected chi connectivity index (χ1v) is 7.34. The summed E-state index contributed by atoms with van der Waals surface area (Å²) < 4.78 is 10.4. The third kappa shape index (κ3) is 2.78. The maximum Gasteiger partial charge on any atom is 0.197 e. The molecule has 0 fully saturated rings. The predicted octanol–water partition coefficient (Wildman–Crippen LogP) is 1.53. The normalized spacial score (nSPS) is 14.6. The average Bonchev–Trinajstić information content (AvgIpc) is 2.86. The topological polar surface area (TPSA) is 92.7 Å². The van der Waals surface area contributed by atoms with E-state index in [1.807, 2.05) is 0 Å². The first-order valence-electron chi connectivity index (χ1n) is 7.34. The fourth-order valence-corrected chi connectivity index (χ4v) is 2.69. The molecule has 1 aliphatic carbocycles. The van der Waals surface area contributed by atoms with E-state index in [2.05, 4.69) is 0 Å². The molecule has 0 N–H and O–H groups in total. The second-order valence-electron chi connectivity index (χ2n) is 5.38. The third-order valence-electron chi connectivity index (χ3n) is 3.95. The summed E-state index contributed by atoms with van der Waals surface area (Å²) in [6.07, 6.45) is 1.45. The van der Waals surface area contributed by atoms with E-state index in [4.69, 9.17) is 9.47 Å². The van der Waals surface area contributed by atoms with Crippen LogP contribution >= 0.6 is 0 Å². The Morgan fingerprint density at radius 2 is 1.60 bits per heavy atom. The Hall–Kier alpha value is -3.41. The highest BCUT2D eigenvalue weighted by molar-refractivity contribution is 6.41. The molecule has 0 aliphatic heterocycles. The number of carboxylic acid groups (broad SMARTS) is 1. The van der Waals surface area contributed by atoms with E-state index >= 15 is 0 Å². The van der Waals surface area contributed by atoms with Gasteiger partial charge < -0.3 is 19.4 Å². The van der Waals surface area contributed by atoms with Crippen molar-refractivity contribution < 1.29 is 29.0 Å². The Labute approximate surface area is 143 Å². The summed E-state index contributed by atoms with van der Waals surface area (Å²) in [4.78, 5) is 35.9. The van der Waals surface area contributed by atoms with E-state index in [0.29, 0.717) is 17.1 Å². The van der Waals surface area contributed by atoms with Crippen molar-refractivity contribution in [1.82, 2.24) is 0 Å². The van der Waals surface area contributed by atoms with Crippen LogP contribution in [0, 0.1) is 0 Å². The highest BCUT2D eigenvalue weighted by Crippen LogP contribution is 2.32. The second kappa shape index (κ2) is 6.24. The fraction of sp³-hybridized carbons (Fsp3) is 0.105. The zero-order valence-electron chi connectivity index (χ0n) is 13.5. The molecule has 0 atom stereocenters. The summed E-state index contributed by atoms with van der Waals surface area (Å²) in [5, 5.41) is 10.9. The Kier molecular flexibility index (Phi) is 4.10. The number of carboxylic acids is 1. The van der Waals surface area contributed by atoms with Crippen LogP contribution in [0.3, 0.4) is 0 Å². The van der Waals surface area contributed by atoms with Gasteiger partial charge in [0.25, 0.3) is 0 Å². The third-order valence-corrected chi connectivity index (χ3v) is 3.95. The Balaban J connectivity index is 2.04. The van der Waals surface area contributed by atoms with Crippen molar-refractivity contribution in [1.29, 1.82) is 0 Å².